The molecule has 1 aliphatic heterocycles. The third kappa shape index (κ3) is 1.19. The first-order valence-electron chi connectivity index (χ1n) is 2.92. The SMILES string of the molecule is CN1C=CN(C)C1SC#N. The number of rotatable bonds is 1. The molecule has 0 saturated carbocycles. The molecule has 3 nitrogen and oxygen atoms in total. The van der Waals surface area contributed by atoms with Gasteiger partial charge in [0.15, 0.2) is 5.50 Å². The Bertz CT molecular complexity index is 172. The number of nitriles is 1. The van der Waals surface area contributed by atoms with Crippen LogP contribution in [0, 0.1) is 10.7 Å². The molecule has 1 heterocycles. The van der Waals surface area contributed by atoms with E-state index in [0.29, 0.717) is 0 Å². The fourth-order valence-electron chi connectivity index (χ4n) is 0.858. The lowest BCUT2D eigenvalue weighted by atomic mass is 10.8. The highest BCUT2D eigenvalue weighted by molar-refractivity contribution is 8.04. The minimum absolute atomic E-state index is 0.157. The van der Waals surface area contributed by atoms with Gasteiger partial charge in [-0.3, -0.25) is 0 Å². The fraction of sp³-hybridized carbons (Fsp3) is 0.500. The Balaban J connectivity index is 2.53. The lowest BCUT2D eigenvalue weighted by Crippen LogP contribution is -2.30. The summed E-state index contributed by atoms with van der Waals surface area (Å²) in [6.45, 7) is 0. The molecule has 0 aromatic heterocycles. The molecule has 1 aliphatic rings. The molecule has 54 valence electrons. The molecular formula is C6H9N3S. The van der Waals surface area contributed by atoms with E-state index in [0.717, 1.165) is 0 Å². The molecule has 1 rings (SSSR count). The number of thioether (sulfide) groups is 1. The summed E-state index contributed by atoms with van der Waals surface area (Å²) in [5, 5.41) is 10.5. The third-order valence-corrected chi connectivity index (χ3v) is 2.37. The van der Waals surface area contributed by atoms with Crippen LogP contribution in [0.2, 0.25) is 0 Å². The predicted molar refractivity (Wildman–Crippen MR) is 41.7 cm³/mol. The molecule has 0 bridgehead atoms. The van der Waals surface area contributed by atoms with Crippen LogP contribution in [0.4, 0.5) is 0 Å². The van der Waals surface area contributed by atoms with Crippen LogP contribution in [0.5, 0.6) is 0 Å². The van der Waals surface area contributed by atoms with Gasteiger partial charge < -0.3 is 9.80 Å². The van der Waals surface area contributed by atoms with E-state index in [2.05, 4.69) is 5.40 Å². The second-order valence-corrected chi connectivity index (χ2v) is 3.00. The molecule has 0 unspecified atom stereocenters. The Morgan fingerprint density at radius 3 is 2.30 bits per heavy atom. The van der Waals surface area contributed by atoms with Crippen molar-refractivity contribution in [2.75, 3.05) is 14.1 Å². The van der Waals surface area contributed by atoms with Gasteiger partial charge in [0.1, 0.15) is 5.40 Å². The zero-order valence-corrected chi connectivity index (χ0v) is 6.80. The molecule has 10 heavy (non-hydrogen) atoms. The maximum Gasteiger partial charge on any atom is 0.163 e. The van der Waals surface area contributed by atoms with Crippen LogP contribution in [0.25, 0.3) is 0 Å². The minimum Gasteiger partial charge on any atom is -0.350 e. The van der Waals surface area contributed by atoms with Gasteiger partial charge in [0.05, 0.1) is 0 Å². The lowest BCUT2D eigenvalue weighted by molar-refractivity contribution is 0.302. The summed E-state index contributed by atoms with van der Waals surface area (Å²) < 4.78 is 0. The normalized spacial score (nSPS) is 18.1. The highest BCUT2D eigenvalue weighted by atomic mass is 32.2. The maximum absolute atomic E-state index is 8.39. The van der Waals surface area contributed by atoms with Gasteiger partial charge in [0, 0.05) is 38.3 Å². The summed E-state index contributed by atoms with van der Waals surface area (Å²) >= 11 is 1.25. The molecule has 0 saturated heterocycles. The van der Waals surface area contributed by atoms with E-state index in [4.69, 9.17) is 5.26 Å². The van der Waals surface area contributed by atoms with Crippen LogP contribution < -0.4 is 0 Å². The van der Waals surface area contributed by atoms with Crippen LogP contribution in [-0.2, 0) is 0 Å². The van der Waals surface area contributed by atoms with Crippen LogP contribution in [0.15, 0.2) is 12.4 Å². The van der Waals surface area contributed by atoms with Crippen molar-refractivity contribution in [2.24, 2.45) is 0 Å². The number of hydrogen-bond donors (Lipinski definition) is 0. The van der Waals surface area contributed by atoms with E-state index in [9.17, 15) is 0 Å². The van der Waals surface area contributed by atoms with E-state index in [1.807, 2.05) is 36.3 Å². The monoisotopic (exact) mass is 155 g/mol. The Morgan fingerprint density at radius 1 is 1.40 bits per heavy atom. The van der Waals surface area contributed by atoms with Gasteiger partial charge in [-0.2, -0.15) is 5.26 Å². The van der Waals surface area contributed by atoms with E-state index in [1.54, 1.807) is 0 Å². The topological polar surface area (TPSA) is 30.3 Å². The average molecular weight is 155 g/mol. The van der Waals surface area contributed by atoms with Crippen molar-refractivity contribution in [3.63, 3.8) is 0 Å². The molecule has 0 aliphatic carbocycles. The van der Waals surface area contributed by atoms with Gasteiger partial charge in [0.25, 0.3) is 0 Å². The van der Waals surface area contributed by atoms with Gasteiger partial charge in [-0.25, -0.2) is 0 Å². The molecular weight excluding hydrogens is 146 g/mol. The molecule has 0 N–H and O–H groups in total. The Labute approximate surface area is 64.9 Å². The highest BCUT2D eigenvalue weighted by Gasteiger charge is 2.20. The van der Waals surface area contributed by atoms with Crippen molar-refractivity contribution in [1.82, 2.24) is 9.80 Å². The Hall–Kier alpha value is -0.820. The highest BCUT2D eigenvalue weighted by Crippen LogP contribution is 2.21. The molecule has 0 spiro atoms. The number of nitrogens with zero attached hydrogens (tertiary/aromatic N) is 3. The van der Waals surface area contributed by atoms with E-state index in [-0.39, 0.29) is 5.50 Å². The van der Waals surface area contributed by atoms with Crippen molar-refractivity contribution in [1.29, 1.82) is 5.26 Å². The maximum atomic E-state index is 8.39. The Morgan fingerprint density at radius 2 is 1.90 bits per heavy atom. The molecule has 0 amide bonds. The van der Waals surface area contributed by atoms with Gasteiger partial charge >= 0.3 is 0 Å². The zero-order valence-electron chi connectivity index (χ0n) is 5.98. The largest absolute Gasteiger partial charge is 0.350 e. The molecule has 0 atom stereocenters. The van der Waals surface area contributed by atoms with Crippen LogP contribution in [-0.4, -0.2) is 29.4 Å². The molecule has 4 heteroatoms. The first kappa shape index (κ1) is 7.29. The first-order valence-corrected chi connectivity index (χ1v) is 3.80. The fourth-order valence-corrected chi connectivity index (χ4v) is 1.43. The standard InChI is InChI=1S/C6H9N3S/c1-8-3-4-9(2)6(8)10-5-7/h3-4,6H,1-2H3. The molecule has 0 fully saturated rings. The summed E-state index contributed by atoms with van der Waals surface area (Å²) in [5.74, 6) is 0. The summed E-state index contributed by atoms with van der Waals surface area (Å²) in [6, 6.07) is 0. The van der Waals surface area contributed by atoms with Crippen molar-refractivity contribution in [2.45, 2.75) is 5.50 Å². The molecule has 0 radical (unpaired) electrons. The smallest absolute Gasteiger partial charge is 0.163 e. The van der Waals surface area contributed by atoms with Gasteiger partial charge in [-0.05, 0) is 0 Å². The van der Waals surface area contributed by atoms with Gasteiger partial charge in [-0.15, -0.1) is 0 Å². The second-order valence-electron chi connectivity index (χ2n) is 2.16. The third-order valence-electron chi connectivity index (χ3n) is 1.39. The van der Waals surface area contributed by atoms with Crippen LogP contribution >= 0.6 is 11.8 Å². The minimum atomic E-state index is 0.157. The van der Waals surface area contributed by atoms with Crippen molar-refractivity contribution < 1.29 is 0 Å². The summed E-state index contributed by atoms with van der Waals surface area (Å²) in [4.78, 5) is 3.99. The Kier molecular flexibility index (Phi) is 2.07. The van der Waals surface area contributed by atoms with Crippen molar-refractivity contribution >= 4 is 11.8 Å². The quantitative estimate of drug-likeness (QED) is 0.525. The van der Waals surface area contributed by atoms with Gasteiger partial charge in [-0.1, -0.05) is 0 Å². The zero-order chi connectivity index (χ0) is 7.56. The molecule has 0 aromatic rings. The summed E-state index contributed by atoms with van der Waals surface area (Å²) in [5.41, 5.74) is 0.157. The summed E-state index contributed by atoms with van der Waals surface area (Å²) in [6.07, 6.45) is 3.91. The lowest BCUT2D eigenvalue weighted by Gasteiger charge is -2.23. The van der Waals surface area contributed by atoms with Crippen LogP contribution in [0.3, 0.4) is 0 Å². The first-order chi connectivity index (χ1) is 4.75. The van der Waals surface area contributed by atoms with Crippen LogP contribution in [0.1, 0.15) is 0 Å². The second kappa shape index (κ2) is 2.84. The van der Waals surface area contributed by atoms with Crippen molar-refractivity contribution in [3.8, 4) is 5.40 Å². The predicted octanol–water partition coefficient (Wildman–Crippen LogP) is 0.833. The van der Waals surface area contributed by atoms with E-state index < -0.39 is 0 Å². The summed E-state index contributed by atoms with van der Waals surface area (Å²) in [7, 11) is 3.91. The van der Waals surface area contributed by atoms with E-state index >= 15 is 0 Å². The number of thiocyanates is 1. The van der Waals surface area contributed by atoms with Gasteiger partial charge in [0.2, 0.25) is 0 Å². The average Bonchev–Trinajstić information content (AvgIpc) is 2.20. The number of hydrogen-bond acceptors (Lipinski definition) is 4. The van der Waals surface area contributed by atoms with E-state index in [1.165, 1.54) is 11.8 Å². The van der Waals surface area contributed by atoms with Crippen molar-refractivity contribution in [3.05, 3.63) is 12.4 Å². The molecule has 0 aromatic carbocycles.